The largest absolute Gasteiger partial charge is 0.481 e. The molecule has 2 atom stereocenters. The minimum Gasteiger partial charge on any atom is -0.481 e. The molecule has 3 rings (SSSR count). The van der Waals surface area contributed by atoms with Gasteiger partial charge in [-0.25, -0.2) is 0 Å². The van der Waals surface area contributed by atoms with E-state index in [-0.39, 0.29) is 5.92 Å². The molecule has 4 nitrogen and oxygen atoms in total. The number of benzene rings is 1. The highest BCUT2D eigenvalue weighted by molar-refractivity contribution is 5.70. The second-order valence-electron chi connectivity index (χ2n) is 6.33. The SMILES string of the molecule is O=C(O)C1CCCN(CC(O)c2ccc3c(c2)CCC3)C1. The van der Waals surface area contributed by atoms with Crippen LogP contribution >= 0.6 is 0 Å². The normalized spacial score (nSPS) is 23.8. The summed E-state index contributed by atoms with van der Waals surface area (Å²) in [6.07, 6.45) is 4.60. The molecule has 0 aromatic heterocycles. The molecule has 2 N–H and O–H groups in total. The van der Waals surface area contributed by atoms with Crippen molar-refractivity contribution in [3.8, 4) is 0 Å². The Morgan fingerprint density at radius 1 is 1.29 bits per heavy atom. The fourth-order valence-corrected chi connectivity index (χ4v) is 3.57. The zero-order chi connectivity index (χ0) is 14.8. The molecule has 21 heavy (non-hydrogen) atoms. The van der Waals surface area contributed by atoms with E-state index in [0.717, 1.165) is 37.8 Å². The van der Waals surface area contributed by atoms with E-state index in [4.69, 9.17) is 5.11 Å². The predicted octanol–water partition coefficient (Wildman–Crippen LogP) is 2.01. The summed E-state index contributed by atoms with van der Waals surface area (Å²) >= 11 is 0. The van der Waals surface area contributed by atoms with Crippen molar-refractivity contribution >= 4 is 5.97 Å². The first-order chi connectivity index (χ1) is 10.1. The summed E-state index contributed by atoms with van der Waals surface area (Å²) in [5.74, 6) is -1.00. The molecule has 1 fully saturated rings. The van der Waals surface area contributed by atoms with Crippen molar-refractivity contribution in [1.29, 1.82) is 0 Å². The minimum absolute atomic E-state index is 0.286. The molecule has 0 radical (unpaired) electrons. The van der Waals surface area contributed by atoms with Crippen molar-refractivity contribution in [1.82, 2.24) is 4.90 Å². The number of hydrogen-bond acceptors (Lipinski definition) is 3. The monoisotopic (exact) mass is 289 g/mol. The number of β-amino-alcohol motifs (C(OH)–C–C–N with tert-alkyl or cyclic N) is 1. The van der Waals surface area contributed by atoms with Crippen LogP contribution in [-0.4, -0.2) is 40.7 Å². The number of hydrogen-bond donors (Lipinski definition) is 2. The Morgan fingerprint density at radius 2 is 2.10 bits per heavy atom. The van der Waals surface area contributed by atoms with Crippen LogP contribution in [0.15, 0.2) is 18.2 Å². The van der Waals surface area contributed by atoms with Crippen molar-refractivity contribution in [2.75, 3.05) is 19.6 Å². The number of likely N-dealkylation sites (tertiary alicyclic amines) is 1. The molecule has 0 saturated carbocycles. The van der Waals surface area contributed by atoms with Crippen molar-refractivity contribution < 1.29 is 15.0 Å². The maximum atomic E-state index is 11.1. The van der Waals surface area contributed by atoms with Crippen molar-refractivity contribution in [2.24, 2.45) is 5.92 Å². The van der Waals surface area contributed by atoms with Crippen LogP contribution in [0.1, 0.15) is 42.1 Å². The van der Waals surface area contributed by atoms with Crippen molar-refractivity contribution in [2.45, 2.75) is 38.2 Å². The van der Waals surface area contributed by atoms with Gasteiger partial charge in [-0.1, -0.05) is 18.2 Å². The van der Waals surface area contributed by atoms with Gasteiger partial charge in [0.15, 0.2) is 0 Å². The summed E-state index contributed by atoms with van der Waals surface area (Å²) in [5.41, 5.74) is 3.75. The van der Waals surface area contributed by atoms with E-state index in [0.29, 0.717) is 13.1 Å². The van der Waals surface area contributed by atoms with Gasteiger partial charge in [0.05, 0.1) is 12.0 Å². The number of piperidine rings is 1. The van der Waals surface area contributed by atoms with E-state index in [9.17, 15) is 9.90 Å². The molecule has 1 aliphatic heterocycles. The predicted molar refractivity (Wildman–Crippen MR) is 80.2 cm³/mol. The molecule has 4 heteroatoms. The maximum absolute atomic E-state index is 11.1. The number of aryl methyl sites for hydroxylation is 2. The number of carbonyl (C=O) groups is 1. The Kier molecular flexibility index (Phi) is 4.27. The summed E-state index contributed by atoms with van der Waals surface area (Å²) in [6, 6.07) is 6.29. The molecule has 0 bridgehead atoms. The van der Waals surface area contributed by atoms with Crippen LogP contribution in [0.25, 0.3) is 0 Å². The van der Waals surface area contributed by atoms with Gasteiger partial charge in [0.1, 0.15) is 0 Å². The molecule has 2 unspecified atom stereocenters. The van der Waals surface area contributed by atoms with Gasteiger partial charge in [0.25, 0.3) is 0 Å². The van der Waals surface area contributed by atoms with Gasteiger partial charge in [-0.2, -0.15) is 0 Å². The zero-order valence-corrected chi connectivity index (χ0v) is 12.3. The summed E-state index contributed by atoms with van der Waals surface area (Å²) < 4.78 is 0. The number of carboxylic acid groups (broad SMARTS) is 1. The Balaban J connectivity index is 1.63. The van der Waals surface area contributed by atoms with Gasteiger partial charge >= 0.3 is 5.97 Å². The highest BCUT2D eigenvalue weighted by Crippen LogP contribution is 2.26. The van der Waals surface area contributed by atoms with Crippen LogP contribution < -0.4 is 0 Å². The minimum atomic E-state index is -0.716. The lowest BCUT2D eigenvalue weighted by Gasteiger charge is -2.32. The molecule has 114 valence electrons. The molecule has 1 aromatic carbocycles. The van der Waals surface area contributed by atoms with Gasteiger partial charge in [-0.3, -0.25) is 9.69 Å². The average Bonchev–Trinajstić information content (AvgIpc) is 2.94. The Bertz CT molecular complexity index is 529. The lowest BCUT2D eigenvalue weighted by Crippen LogP contribution is -2.40. The third-order valence-electron chi connectivity index (χ3n) is 4.79. The molecular formula is C17H23NO3. The fourth-order valence-electron chi connectivity index (χ4n) is 3.57. The van der Waals surface area contributed by atoms with Crippen molar-refractivity contribution in [3.63, 3.8) is 0 Å². The van der Waals surface area contributed by atoms with Crippen LogP contribution in [-0.2, 0) is 17.6 Å². The number of rotatable bonds is 4. The first-order valence-corrected chi connectivity index (χ1v) is 7.88. The van der Waals surface area contributed by atoms with Crippen molar-refractivity contribution in [3.05, 3.63) is 34.9 Å². The highest BCUT2D eigenvalue weighted by Gasteiger charge is 2.27. The van der Waals surface area contributed by atoms with E-state index in [1.807, 2.05) is 6.07 Å². The number of aliphatic hydroxyl groups is 1. The number of nitrogens with zero attached hydrogens (tertiary/aromatic N) is 1. The summed E-state index contributed by atoms with van der Waals surface area (Å²) in [7, 11) is 0. The smallest absolute Gasteiger partial charge is 0.307 e. The Morgan fingerprint density at radius 3 is 2.90 bits per heavy atom. The summed E-state index contributed by atoms with van der Waals surface area (Å²) in [5, 5.41) is 19.6. The molecule has 0 spiro atoms. The quantitative estimate of drug-likeness (QED) is 0.890. The third-order valence-corrected chi connectivity index (χ3v) is 4.79. The Hall–Kier alpha value is -1.39. The maximum Gasteiger partial charge on any atom is 0.307 e. The highest BCUT2D eigenvalue weighted by atomic mass is 16.4. The topological polar surface area (TPSA) is 60.8 Å². The van der Waals surface area contributed by atoms with Crippen LogP contribution in [0, 0.1) is 5.92 Å². The molecular weight excluding hydrogens is 266 g/mol. The zero-order valence-electron chi connectivity index (χ0n) is 12.3. The lowest BCUT2D eigenvalue weighted by molar-refractivity contribution is -0.143. The van der Waals surface area contributed by atoms with E-state index in [1.54, 1.807) is 0 Å². The van der Waals surface area contributed by atoms with Crippen LogP contribution in [0.2, 0.25) is 0 Å². The Labute approximate surface area is 125 Å². The van der Waals surface area contributed by atoms with Crippen LogP contribution in [0.3, 0.4) is 0 Å². The molecule has 2 aliphatic rings. The van der Waals surface area contributed by atoms with Gasteiger partial charge in [-0.15, -0.1) is 0 Å². The first-order valence-electron chi connectivity index (χ1n) is 7.88. The van der Waals surface area contributed by atoms with Gasteiger partial charge in [0.2, 0.25) is 0 Å². The fraction of sp³-hybridized carbons (Fsp3) is 0.588. The average molecular weight is 289 g/mol. The lowest BCUT2D eigenvalue weighted by atomic mass is 9.97. The molecule has 0 amide bonds. The third kappa shape index (κ3) is 3.27. The summed E-state index contributed by atoms with van der Waals surface area (Å²) in [4.78, 5) is 13.2. The molecule has 1 aliphatic carbocycles. The van der Waals surface area contributed by atoms with E-state index < -0.39 is 12.1 Å². The van der Waals surface area contributed by atoms with Gasteiger partial charge in [-0.05, 0) is 55.3 Å². The van der Waals surface area contributed by atoms with E-state index >= 15 is 0 Å². The molecule has 1 aromatic rings. The number of aliphatic carboxylic acids is 1. The van der Waals surface area contributed by atoms with Gasteiger partial charge in [0, 0.05) is 13.1 Å². The number of aliphatic hydroxyl groups excluding tert-OH is 1. The standard InChI is InChI=1S/C17H23NO3/c19-16(11-18-8-2-5-15(10-18)17(20)21)14-7-6-12-3-1-4-13(12)9-14/h6-7,9,15-16,19H,1-5,8,10-11H2,(H,20,21). The molecule has 1 heterocycles. The first kappa shape index (κ1) is 14.5. The van der Waals surface area contributed by atoms with Crippen LogP contribution in [0.4, 0.5) is 0 Å². The number of fused-ring (bicyclic) bond motifs is 1. The van der Waals surface area contributed by atoms with Gasteiger partial charge < -0.3 is 10.2 Å². The summed E-state index contributed by atoms with van der Waals surface area (Å²) in [6.45, 7) is 1.96. The molecule has 1 saturated heterocycles. The second-order valence-corrected chi connectivity index (χ2v) is 6.33. The number of carboxylic acids is 1. The second kappa shape index (κ2) is 6.16. The van der Waals surface area contributed by atoms with Crippen LogP contribution in [0.5, 0.6) is 0 Å². The van der Waals surface area contributed by atoms with E-state index in [1.165, 1.54) is 17.5 Å². The van der Waals surface area contributed by atoms with E-state index in [2.05, 4.69) is 17.0 Å².